The SMILES string of the molecule is Cc1cccc(OCC(=O)Nc2cccc(N)c2C)c1. The van der Waals surface area contributed by atoms with E-state index >= 15 is 0 Å². The van der Waals surface area contributed by atoms with Gasteiger partial charge in [-0.3, -0.25) is 4.79 Å². The van der Waals surface area contributed by atoms with Crippen molar-refractivity contribution in [2.24, 2.45) is 0 Å². The molecule has 104 valence electrons. The molecule has 0 radical (unpaired) electrons. The smallest absolute Gasteiger partial charge is 0.262 e. The summed E-state index contributed by atoms with van der Waals surface area (Å²) in [5, 5.41) is 2.79. The lowest BCUT2D eigenvalue weighted by Gasteiger charge is -2.11. The van der Waals surface area contributed by atoms with Crippen molar-refractivity contribution in [2.45, 2.75) is 13.8 Å². The summed E-state index contributed by atoms with van der Waals surface area (Å²) in [5.74, 6) is 0.477. The summed E-state index contributed by atoms with van der Waals surface area (Å²) in [5.41, 5.74) is 9.11. The van der Waals surface area contributed by atoms with E-state index < -0.39 is 0 Å². The molecule has 2 aromatic rings. The minimum atomic E-state index is -0.208. The van der Waals surface area contributed by atoms with Gasteiger partial charge in [0.15, 0.2) is 6.61 Å². The van der Waals surface area contributed by atoms with Crippen molar-refractivity contribution >= 4 is 17.3 Å². The van der Waals surface area contributed by atoms with E-state index in [1.807, 2.05) is 44.2 Å². The molecule has 0 spiro atoms. The largest absolute Gasteiger partial charge is 0.484 e. The summed E-state index contributed by atoms with van der Waals surface area (Å²) in [6, 6.07) is 13.0. The van der Waals surface area contributed by atoms with Crippen LogP contribution in [0.15, 0.2) is 42.5 Å². The average molecular weight is 270 g/mol. The van der Waals surface area contributed by atoms with Crippen molar-refractivity contribution in [3.8, 4) is 5.75 Å². The number of anilines is 2. The number of carbonyl (C=O) groups excluding carboxylic acids is 1. The number of benzene rings is 2. The van der Waals surface area contributed by atoms with Gasteiger partial charge in [0.25, 0.3) is 5.91 Å². The predicted molar refractivity (Wildman–Crippen MR) is 80.9 cm³/mol. The van der Waals surface area contributed by atoms with Gasteiger partial charge in [0.05, 0.1) is 0 Å². The number of ether oxygens (including phenoxy) is 1. The van der Waals surface area contributed by atoms with Crippen LogP contribution in [0.4, 0.5) is 11.4 Å². The minimum absolute atomic E-state index is 0.0301. The van der Waals surface area contributed by atoms with Crippen LogP contribution in [-0.4, -0.2) is 12.5 Å². The van der Waals surface area contributed by atoms with Crippen LogP contribution in [-0.2, 0) is 4.79 Å². The fourth-order valence-electron chi connectivity index (χ4n) is 1.83. The third-order valence-corrected chi connectivity index (χ3v) is 3.01. The molecule has 0 saturated heterocycles. The first-order chi connectivity index (χ1) is 9.56. The number of hydrogen-bond donors (Lipinski definition) is 2. The first kappa shape index (κ1) is 13.9. The van der Waals surface area contributed by atoms with Crippen LogP contribution < -0.4 is 15.8 Å². The predicted octanol–water partition coefficient (Wildman–Crippen LogP) is 2.90. The second-order valence-electron chi connectivity index (χ2n) is 4.67. The average Bonchev–Trinajstić information content (AvgIpc) is 2.42. The van der Waals surface area contributed by atoms with Crippen LogP contribution in [0.3, 0.4) is 0 Å². The van der Waals surface area contributed by atoms with E-state index in [-0.39, 0.29) is 12.5 Å². The Morgan fingerprint density at radius 2 is 1.95 bits per heavy atom. The van der Waals surface area contributed by atoms with Gasteiger partial charge in [-0.15, -0.1) is 0 Å². The van der Waals surface area contributed by atoms with E-state index in [0.29, 0.717) is 17.1 Å². The highest BCUT2D eigenvalue weighted by Crippen LogP contribution is 2.20. The van der Waals surface area contributed by atoms with Gasteiger partial charge < -0.3 is 15.8 Å². The lowest BCUT2D eigenvalue weighted by atomic mass is 10.1. The van der Waals surface area contributed by atoms with Crippen molar-refractivity contribution < 1.29 is 9.53 Å². The van der Waals surface area contributed by atoms with E-state index in [1.54, 1.807) is 12.1 Å². The molecule has 4 heteroatoms. The molecular formula is C16H18N2O2. The Morgan fingerprint density at radius 1 is 1.20 bits per heavy atom. The zero-order chi connectivity index (χ0) is 14.5. The van der Waals surface area contributed by atoms with Crippen LogP contribution in [0.1, 0.15) is 11.1 Å². The van der Waals surface area contributed by atoms with Crippen LogP contribution in [0.25, 0.3) is 0 Å². The van der Waals surface area contributed by atoms with Crippen LogP contribution in [0.5, 0.6) is 5.75 Å². The lowest BCUT2D eigenvalue weighted by molar-refractivity contribution is -0.118. The Hall–Kier alpha value is -2.49. The summed E-state index contributed by atoms with van der Waals surface area (Å²) in [6.07, 6.45) is 0. The maximum atomic E-state index is 11.9. The maximum absolute atomic E-state index is 11.9. The molecule has 20 heavy (non-hydrogen) atoms. The number of rotatable bonds is 4. The number of carbonyl (C=O) groups is 1. The molecule has 3 N–H and O–H groups in total. The van der Waals surface area contributed by atoms with Gasteiger partial charge in [-0.25, -0.2) is 0 Å². The van der Waals surface area contributed by atoms with Gasteiger partial charge in [0, 0.05) is 11.4 Å². The third kappa shape index (κ3) is 3.51. The second kappa shape index (κ2) is 6.10. The molecule has 0 unspecified atom stereocenters. The molecule has 0 atom stereocenters. The van der Waals surface area contributed by atoms with E-state index in [4.69, 9.17) is 10.5 Å². The van der Waals surface area contributed by atoms with Crippen LogP contribution >= 0.6 is 0 Å². The molecule has 0 aliphatic heterocycles. The van der Waals surface area contributed by atoms with Gasteiger partial charge in [0.2, 0.25) is 0 Å². The topological polar surface area (TPSA) is 64.3 Å². The molecule has 1 amide bonds. The van der Waals surface area contributed by atoms with E-state index in [2.05, 4.69) is 5.32 Å². The summed E-state index contributed by atoms with van der Waals surface area (Å²) in [6.45, 7) is 3.81. The standard InChI is InChI=1S/C16H18N2O2/c1-11-5-3-6-13(9-11)20-10-16(19)18-15-8-4-7-14(17)12(15)2/h3-9H,10,17H2,1-2H3,(H,18,19). The van der Waals surface area contributed by atoms with E-state index in [9.17, 15) is 4.79 Å². The lowest BCUT2D eigenvalue weighted by Crippen LogP contribution is -2.20. The van der Waals surface area contributed by atoms with Crippen molar-refractivity contribution in [1.29, 1.82) is 0 Å². The zero-order valence-corrected chi connectivity index (χ0v) is 11.6. The van der Waals surface area contributed by atoms with Gasteiger partial charge >= 0.3 is 0 Å². The Morgan fingerprint density at radius 3 is 2.70 bits per heavy atom. The number of amides is 1. The Labute approximate surface area is 118 Å². The zero-order valence-electron chi connectivity index (χ0n) is 11.6. The summed E-state index contributed by atoms with van der Waals surface area (Å²) in [7, 11) is 0. The number of hydrogen-bond acceptors (Lipinski definition) is 3. The highest BCUT2D eigenvalue weighted by molar-refractivity contribution is 5.93. The highest BCUT2D eigenvalue weighted by atomic mass is 16.5. The Bertz CT molecular complexity index is 624. The maximum Gasteiger partial charge on any atom is 0.262 e. The molecule has 2 aromatic carbocycles. The molecule has 0 aliphatic rings. The molecular weight excluding hydrogens is 252 g/mol. The molecule has 0 saturated carbocycles. The molecule has 0 bridgehead atoms. The van der Waals surface area contributed by atoms with Gasteiger partial charge in [0.1, 0.15) is 5.75 Å². The van der Waals surface area contributed by atoms with Crippen LogP contribution in [0.2, 0.25) is 0 Å². The van der Waals surface area contributed by atoms with E-state index in [0.717, 1.165) is 11.1 Å². The number of nitrogens with two attached hydrogens (primary N) is 1. The van der Waals surface area contributed by atoms with Crippen molar-refractivity contribution in [2.75, 3.05) is 17.7 Å². The molecule has 2 rings (SSSR count). The molecule has 0 aromatic heterocycles. The van der Waals surface area contributed by atoms with Crippen molar-refractivity contribution in [3.63, 3.8) is 0 Å². The fourth-order valence-corrected chi connectivity index (χ4v) is 1.83. The van der Waals surface area contributed by atoms with Crippen LogP contribution in [0, 0.1) is 13.8 Å². The highest BCUT2D eigenvalue weighted by Gasteiger charge is 2.07. The first-order valence-corrected chi connectivity index (χ1v) is 6.40. The summed E-state index contributed by atoms with van der Waals surface area (Å²) < 4.78 is 5.45. The second-order valence-corrected chi connectivity index (χ2v) is 4.67. The summed E-state index contributed by atoms with van der Waals surface area (Å²) in [4.78, 5) is 11.9. The van der Waals surface area contributed by atoms with E-state index in [1.165, 1.54) is 0 Å². The normalized spacial score (nSPS) is 10.1. The molecule has 0 fully saturated rings. The Kier molecular flexibility index (Phi) is 4.25. The van der Waals surface area contributed by atoms with Gasteiger partial charge in [-0.05, 0) is 49.2 Å². The monoisotopic (exact) mass is 270 g/mol. The fraction of sp³-hybridized carbons (Fsp3) is 0.188. The molecule has 4 nitrogen and oxygen atoms in total. The van der Waals surface area contributed by atoms with Crippen molar-refractivity contribution in [1.82, 2.24) is 0 Å². The Balaban J connectivity index is 1.94. The minimum Gasteiger partial charge on any atom is -0.484 e. The molecule has 0 heterocycles. The van der Waals surface area contributed by atoms with Gasteiger partial charge in [-0.1, -0.05) is 18.2 Å². The summed E-state index contributed by atoms with van der Waals surface area (Å²) >= 11 is 0. The molecule has 0 aliphatic carbocycles. The number of aryl methyl sites for hydroxylation is 1. The first-order valence-electron chi connectivity index (χ1n) is 6.40. The quantitative estimate of drug-likeness (QED) is 0.840. The number of nitrogen functional groups attached to an aromatic ring is 1. The number of nitrogens with one attached hydrogen (secondary N) is 1. The third-order valence-electron chi connectivity index (χ3n) is 3.01. The van der Waals surface area contributed by atoms with Crippen molar-refractivity contribution in [3.05, 3.63) is 53.6 Å². The van der Waals surface area contributed by atoms with Gasteiger partial charge in [-0.2, -0.15) is 0 Å².